The lowest BCUT2D eigenvalue weighted by molar-refractivity contribution is 0.0372. The van der Waals surface area contributed by atoms with Gasteiger partial charge in [0.1, 0.15) is 17.2 Å². The van der Waals surface area contributed by atoms with E-state index in [-0.39, 0.29) is 6.54 Å². The van der Waals surface area contributed by atoms with Crippen LogP contribution in [0, 0.1) is 0 Å². The highest BCUT2D eigenvalue weighted by molar-refractivity contribution is 5.88. The molecule has 7 nitrogen and oxygen atoms in total. The quantitative estimate of drug-likeness (QED) is 0.784. The third-order valence-electron chi connectivity index (χ3n) is 3.52. The number of carbonyl (C=O) groups is 1. The molecule has 2 aromatic rings. The van der Waals surface area contributed by atoms with E-state index in [1.807, 2.05) is 0 Å². The molecule has 1 aliphatic carbocycles. The van der Waals surface area contributed by atoms with Crippen molar-refractivity contribution in [2.75, 3.05) is 11.9 Å². The van der Waals surface area contributed by atoms with Crippen LogP contribution in [0.3, 0.4) is 0 Å². The van der Waals surface area contributed by atoms with Crippen LogP contribution in [0.4, 0.5) is 10.5 Å². The minimum absolute atomic E-state index is 0.0212. The largest absolute Gasteiger partial charge is 0.466 e. The highest BCUT2D eigenvalue weighted by Gasteiger charge is 2.27. The van der Waals surface area contributed by atoms with Crippen molar-refractivity contribution in [2.45, 2.75) is 31.3 Å². The number of nitrogens with zero attached hydrogens (tertiary/aromatic N) is 2. The number of anilines is 1. The van der Waals surface area contributed by atoms with E-state index >= 15 is 0 Å². The average molecular weight is 302 g/mol. The lowest BCUT2D eigenvalue weighted by atomic mass is 10.0. The van der Waals surface area contributed by atoms with Crippen molar-refractivity contribution in [3.8, 4) is 0 Å². The summed E-state index contributed by atoms with van der Waals surface area (Å²) in [7, 11) is 0. The number of hydrogen-bond donors (Lipinski definition) is 3. The zero-order chi connectivity index (χ0) is 15.6. The first-order chi connectivity index (χ1) is 10.5. The Kier molecular flexibility index (Phi) is 3.81. The Balaban J connectivity index is 1.51. The van der Waals surface area contributed by atoms with Crippen LogP contribution >= 0.6 is 0 Å². The predicted octanol–water partition coefficient (Wildman–Crippen LogP) is 1.98. The van der Waals surface area contributed by atoms with Crippen LogP contribution in [0.1, 0.15) is 37.3 Å². The second-order valence-corrected chi connectivity index (χ2v) is 5.66. The molecule has 0 bridgehead atoms. The summed E-state index contributed by atoms with van der Waals surface area (Å²) in [5, 5.41) is 15.5. The number of amides is 2. The molecule has 3 N–H and O–H groups in total. The first kappa shape index (κ1) is 14.5. The number of hydrogen-bond acceptors (Lipinski definition) is 5. The molecule has 1 atom stereocenters. The first-order valence-electron chi connectivity index (χ1n) is 7.18. The number of urea groups is 1. The van der Waals surface area contributed by atoms with Crippen LogP contribution in [0.15, 0.2) is 35.2 Å². The average Bonchev–Trinajstić information content (AvgIpc) is 3.19. The smallest absolute Gasteiger partial charge is 0.319 e. The normalized spacial score (nSPS) is 16.8. The van der Waals surface area contributed by atoms with Crippen molar-refractivity contribution in [2.24, 2.45) is 0 Å². The summed E-state index contributed by atoms with van der Waals surface area (Å²) in [6.45, 7) is 1.59. The summed E-state index contributed by atoms with van der Waals surface area (Å²) in [6, 6.07) is 2.90. The molecule has 7 heteroatoms. The summed E-state index contributed by atoms with van der Waals surface area (Å²) in [4.78, 5) is 20.3. The number of aromatic nitrogens is 2. The standard InChI is InChI=1S/C15H18N4O3/c1-15(21,12-3-2-6-22-12)9-18-14(20)19-11-7-16-13(17-8-11)10-4-5-10/h2-3,6-8,10,21H,4-5,9H2,1H3,(H2,18,19,20). The third kappa shape index (κ3) is 3.43. The number of rotatable bonds is 5. The van der Waals surface area contributed by atoms with Gasteiger partial charge >= 0.3 is 6.03 Å². The molecule has 2 amide bonds. The van der Waals surface area contributed by atoms with Gasteiger partial charge in [0.2, 0.25) is 0 Å². The molecule has 116 valence electrons. The van der Waals surface area contributed by atoms with E-state index in [1.54, 1.807) is 31.5 Å². The number of furan rings is 1. The molecule has 0 saturated heterocycles. The highest BCUT2D eigenvalue weighted by atomic mass is 16.4. The number of aliphatic hydroxyl groups is 1. The minimum Gasteiger partial charge on any atom is -0.466 e. The van der Waals surface area contributed by atoms with E-state index in [0.717, 1.165) is 18.7 Å². The van der Waals surface area contributed by atoms with Crippen LogP contribution in [-0.4, -0.2) is 27.7 Å². The second-order valence-electron chi connectivity index (χ2n) is 5.66. The molecule has 0 radical (unpaired) electrons. The van der Waals surface area contributed by atoms with Crippen molar-refractivity contribution in [1.82, 2.24) is 15.3 Å². The maximum atomic E-state index is 11.8. The van der Waals surface area contributed by atoms with E-state index < -0.39 is 11.6 Å². The van der Waals surface area contributed by atoms with E-state index in [0.29, 0.717) is 17.4 Å². The first-order valence-corrected chi connectivity index (χ1v) is 7.18. The van der Waals surface area contributed by atoms with E-state index in [2.05, 4.69) is 20.6 Å². The summed E-state index contributed by atoms with van der Waals surface area (Å²) in [6.07, 6.45) is 6.92. The predicted molar refractivity (Wildman–Crippen MR) is 79.3 cm³/mol. The van der Waals surface area contributed by atoms with Gasteiger partial charge in [-0.1, -0.05) is 0 Å². The van der Waals surface area contributed by atoms with Crippen LogP contribution < -0.4 is 10.6 Å². The lowest BCUT2D eigenvalue weighted by Gasteiger charge is -2.21. The Bertz CT molecular complexity index is 633. The van der Waals surface area contributed by atoms with E-state index in [1.165, 1.54) is 6.26 Å². The van der Waals surface area contributed by atoms with Gasteiger partial charge in [-0.15, -0.1) is 0 Å². The van der Waals surface area contributed by atoms with Gasteiger partial charge in [-0.25, -0.2) is 14.8 Å². The molecule has 0 aliphatic heterocycles. The molecule has 1 unspecified atom stereocenters. The Labute approximate surface area is 127 Å². The molecular formula is C15H18N4O3. The van der Waals surface area contributed by atoms with Crippen molar-refractivity contribution in [3.63, 3.8) is 0 Å². The Morgan fingerprint density at radius 1 is 1.45 bits per heavy atom. The summed E-state index contributed by atoms with van der Waals surface area (Å²) < 4.78 is 5.15. The number of carbonyl (C=O) groups excluding carboxylic acids is 1. The van der Waals surface area contributed by atoms with Crippen LogP contribution in [0.2, 0.25) is 0 Å². The van der Waals surface area contributed by atoms with Crippen molar-refractivity contribution in [1.29, 1.82) is 0 Å². The van der Waals surface area contributed by atoms with Gasteiger partial charge < -0.3 is 20.2 Å². The lowest BCUT2D eigenvalue weighted by Crippen LogP contribution is -2.40. The van der Waals surface area contributed by atoms with Gasteiger partial charge in [-0.3, -0.25) is 0 Å². The summed E-state index contributed by atoms with van der Waals surface area (Å²) >= 11 is 0. The fourth-order valence-corrected chi connectivity index (χ4v) is 2.05. The fraction of sp³-hybridized carbons (Fsp3) is 0.400. The topological polar surface area (TPSA) is 100 Å². The van der Waals surface area contributed by atoms with Crippen molar-refractivity contribution >= 4 is 11.7 Å². The molecule has 2 heterocycles. The third-order valence-corrected chi connectivity index (χ3v) is 3.52. The molecule has 2 aromatic heterocycles. The van der Waals surface area contributed by atoms with Crippen LogP contribution in [0.5, 0.6) is 0 Å². The van der Waals surface area contributed by atoms with Gasteiger partial charge in [0.25, 0.3) is 0 Å². The van der Waals surface area contributed by atoms with Crippen LogP contribution in [0.25, 0.3) is 0 Å². The van der Waals surface area contributed by atoms with Crippen molar-refractivity contribution in [3.05, 3.63) is 42.4 Å². The van der Waals surface area contributed by atoms with Gasteiger partial charge in [-0.2, -0.15) is 0 Å². The minimum atomic E-state index is -1.27. The highest BCUT2D eigenvalue weighted by Crippen LogP contribution is 2.37. The Hall–Kier alpha value is -2.41. The molecule has 0 aromatic carbocycles. The fourth-order valence-electron chi connectivity index (χ4n) is 2.05. The maximum Gasteiger partial charge on any atom is 0.319 e. The van der Waals surface area contributed by atoms with E-state index in [4.69, 9.17) is 4.42 Å². The molecule has 1 fully saturated rings. The zero-order valence-corrected chi connectivity index (χ0v) is 12.2. The van der Waals surface area contributed by atoms with Gasteiger partial charge in [-0.05, 0) is 31.9 Å². The van der Waals surface area contributed by atoms with Crippen molar-refractivity contribution < 1.29 is 14.3 Å². The van der Waals surface area contributed by atoms with Gasteiger partial charge in [0, 0.05) is 5.92 Å². The molecular weight excluding hydrogens is 284 g/mol. The SMILES string of the molecule is CC(O)(CNC(=O)Nc1cnc(C2CC2)nc1)c1ccco1. The molecule has 3 rings (SSSR count). The van der Waals surface area contributed by atoms with Crippen LogP contribution in [-0.2, 0) is 5.60 Å². The molecule has 1 aliphatic rings. The summed E-state index contributed by atoms with van der Waals surface area (Å²) in [5.41, 5.74) is -0.757. The second kappa shape index (κ2) is 5.76. The molecule has 22 heavy (non-hydrogen) atoms. The maximum absolute atomic E-state index is 11.8. The monoisotopic (exact) mass is 302 g/mol. The summed E-state index contributed by atoms with van der Waals surface area (Å²) in [5.74, 6) is 1.70. The van der Waals surface area contributed by atoms with E-state index in [9.17, 15) is 9.90 Å². The van der Waals surface area contributed by atoms with Gasteiger partial charge in [0.05, 0.1) is 30.9 Å². The molecule has 0 spiro atoms. The Morgan fingerprint density at radius 3 is 2.77 bits per heavy atom. The zero-order valence-electron chi connectivity index (χ0n) is 12.2. The molecule has 1 saturated carbocycles. The number of nitrogens with one attached hydrogen (secondary N) is 2. The Morgan fingerprint density at radius 2 is 2.18 bits per heavy atom. The van der Waals surface area contributed by atoms with Gasteiger partial charge in [0.15, 0.2) is 0 Å².